The molecule has 120 valence electrons. The second-order valence-electron chi connectivity index (χ2n) is 6.24. The van der Waals surface area contributed by atoms with Crippen LogP contribution in [-0.4, -0.2) is 42.8 Å². The van der Waals surface area contributed by atoms with Gasteiger partial charge in [-0.05, 0) is 45.6 Å². The van der Waals surface area contributed by atoms with Crippen molar-refractivity contribution in [2.24, 2.45) is 5.92 Å². The van der Waals surface area contributed by atoms with Gasteiger partial charge in [0.1, 0.15) is 0 Å². The predicted molar refractivity (Wildman–Crippen MR) is 76.8 cm³/mol. The molecule has 1 saturated carbocycles. The van der Waals surface area contributed by atoms with Gasteiger partial charge in [0.05, 0.1) is 6.54 Å². The van der Waals surface area contributed by atoms with Gasteiger partial charge in [-0.25, -0.2) is 0 Å². The van der Waals surface area contributed by atoms with E-state index in [-0.39, 0.29) is 12.1 Å². The zero-order valence-corrected chi connectivity index (χ0v) is 13.0. The summed E-state index contributed by atoms with van der Waals surface area (Å²) in [7, 11) is 0. The Balaban J connectivity index is 2.62. The summed E-state index contributed by atoms with van der Waals surface area (Å²) >= 11 is 0. The molecule has 0 bridgehead atoms. The van der Waals surface area contributed by atoms with Gasteiger partial charge in [0, 0.05) is 18.6 Å². The van der Waals surface area contributed by atoms with Crippen LogP contribution < -0.4 is 5.32 Å². The fraction of sp³-hybridized carbons (Fsp3) is 1.00. The number of rotatable bonds is 8. The molecule has 0 amide bonds. The Labute approximate surface area is 121 Å². The lowest BCUT2D eigenvalue weighted by molar-refractivity contribution is -0.150. The van der Waals surface area contributed by atoms with Gasteiger partial charge in [-0.2, -0.15) is 13.2 Å². The van der Waals surface area contributed by atoms with E-state index in [0.717, 1.165) is 25.8 Å². The van der Waals surface area contributed by atoms with E-state index in [1.165, 1.54) is 12.8 Å². The molecule has 1 N–H and O–H groups in total. The minimum absolute atomic E-state index is 0.0797. The molecule has 0 heterocycles. The van der Waals surface area contributed by atoms with Crippen LogP contribution in [0.25, 0.3) is 0 Å². The highest BCUT2D eigenvalue weighted by Gasteiger charge is 2.34. The summed E-state index contributed by atoms with van der Waals surface area (Å²) in [6.45, 7) is 6.37. The van der Waals surface area contributed by atoms with Gasteiger partial charge in [0.25, 0.3) is 0 Å². The highest BCUT2D eigenvalue weighted by Crippen LogP contribution is 2.29. The molecule has 0 aromatic rings. The van der Waals surface area contributed by atoms with E-state index < -0.39 is 12.7 Å². The summed E-state index contributed by atoms with van der Waals surface area (Å²) in [6.07, 6.45) is 1.64. The van der Waals surface area contributed by atoms with Crippen molar-refractivity contribution in [1.29, 1.82) is 0 Å². The van der Waals surface area contributed by atoms with Gasteiger partial charge in [0.15, 0.2) is 0 Å². The van der Waals surface area contributed by atoms with E-state index in [1.807, 2.05) is 13.8 Å². The molecule has 1 rings (SSSR count). The number of hydrogen-bond acceptors (Lipinski definition) is 2. The molecule has 1 fully saturated rings. The Kier molecular flexibility index (Phi) is 7.30. The summed E-state index contributed by atoms with van der Waals surface area (Å²) in [5.41, 5.74) is 0. The second-order valence-corrected chi connectivity index (χ2v) is 6.24. The summed E-state index contributed by atoms with van der Waals surface area (Å²) < 4.78 is 38.1. The van der Waals surface area contributed by atoms with Crippen molar-refractivity contribution in [2.45, 2.75) is 71.1 Å². The van der Waals surface area contributed by atoms with Crippen LogP contribution in [0.3, 0.4) is 0 Å². The molecule has 0 saturated heterocycles. The third kappa shape index (κ3) is 6.44. The molecule has 1 aliphatic rings. The maximum absolute atomic E-state index is 12.7. The molecule has 0 spiro atoms. The van der Waals surface area contributed by atoms with E-state index in [1.54, 1.807) is 4.90 Å². The summed E-state index contributed by atoms with van der Waals surface area (Å²) in [6, 6.07) is 0.117. The summed E-state index contributed by atoms with van der Waals surface area (Å²) in [5, 5.41) is 3.47. The van der Waals surface area contributed by atoms with Crippen LogP contribution in [0.2, 0.25) is 0 Å². The van der Waals surface area contributed by atoms with Crippen LogP contribution in [0.15, 0.2) is 0 Å². The van der Waals surface area contributed by atoms with E-state index in [9.17, 15) is 13.2 Å². The number of halogens is 3. The van der Waals surface area contributed by atoms with Gasteiger partial charge in [-0.15, -0.1) is 0 Å². The SMILES string of the molecule is CCCNC(CN(CC(F)(F)F)C(C)C)C1CCCC1. The van der Waals surface area contributed by atoms with Crippen molar-refractivity contribution in [1.82, 2.24) is 10.2 Å². The number of nitrogens with zero attached hydrogens (tertiary/aromatic N) is 1. The van der Waals surface area contributed by atoms with Gasteiger partial charge in [0.2, 0.25) is 0 Å². The van der Waals surface area contributed by atoms with Crippen molar-refractivity contribution < 1.29 is 13.2 Å². The topological polar surface area (TPSA) is 15.3 Å². The Morgan fingerprint density at radius 3 is 2.25 bits per heavy atom. The molecular weight excluding hydrogens is 265 g/mol. The smallest absolute Gasteiger partial charge is 0.312 e. The lowest BCUT2D eigenvalue weighted by Gasteiger charge is -2.34. The van der Waals surface area contributed by atoms with E-state index in [4.69, 9.17) is 0 Å². The first-order chi connectivity index (χ1) is 9.33. The Morgan fingerprint density at radius 1 is 1.20 bits per heavy atom. The molecule has 0 aromatic carbocycles. The Hall–Kier alpha value is -0.290. The van der Waals surface area contributed by atoms with Crippen LogP contribution in [0, 0.1) is 5.92 Å². The Bertz CT molecular complexity index is 260. The van der Waals surface area contributed by atoms with Gasteiger partial charge in [-0.1, -0.05) is 19.8 Å². The Morgan fingerprint density at radius 2 is 1.80 bits per heavy atom. The zero-order chi connectivity index (χ0) is 15.2. The van der Waals surface area contributed by atoms with Crippen LogP contribution in [-0.2, 0) is 0 Å². The lowest BCUT2D eigenvalue weighted by atomic mass is 9.97. The summed E-state index contributed by atoms with van der Waals surface area (Å²) in [5.74, 6) is 0.538. The fourth-order valence-electron chi connectivity index (χ4n) is 3.01. The molecule has 0 aromatic heterocycles. The average Bonchev–Trinajstić information content (AvgIpc) is 2.84. The molecular formula is C15H29F3N2. The second kappa shape index (κ2) is 8.23. The highest BCUT2D eigenvalue weighted by molar-refractivity contribution is 4.84. The van der Waals surface area contributed by atoms with E-state index in [2.05, 4.69) is 12.2 Å². The molecule has 1 atom stereocenters. The monoisotopic (exact) mass is 294 g/mol. The molecule has 2 nitrogen and oxygen atoms in total. The third-order valence-electron chi connectivity index (χ3n) is 4.17. The van der Waals surface area contributed by atoms with Crippen molar-refractivity contribution in [2.75, 3.05) is 19.6 Å². The third-order valence-corrected chi connectivity index (χ3v) is 4.17. The van der Waals surface area contributed by atoms with Crippen LogP contribution in [0.4, 0.5) is 13.2 Å². The first-order valence-corrected chi connectivity index (χ1v) is 7.87. The van der Waals surface area contributed by atoms with Crippen molar-refractivity contribution in [3.8, 4) is 0 Å². The van der Waals surface area contributed by atoms with E-state index >= 15 is 0 Å². The standard InChI is InChI=1S/C15H29F3N2/c1-4-9-19-14(13-7-5-6-8-13)10-20(12(2)3)11-15(16,17)18/h12-14,19H,4-11H2,1-3H3. The van der Waals surface area contributed by atoms with Crippen LogP contribution in [0.5, 0.6) is 0 Å². The van der Waals surface area contributed by atoms with Crippen LogP contribution >= 0.6 is 0 Å². The molecule has 5 heteroatoms. The quantitative estimate of drug-likeness (QED) is 0.732. The molecule has 0 radical (unpaired) electrons. The fourth-order valence-corrected chi connectivity index (χ4v) is 3.01. The number of nitrogens with one attached hydrogen (secondary N) is 1. The number of hydrogen-bond donors (Lipinski definition) is 1. The lowest BCUT2D eigenvalue weighted by Crippen LogP contribution is -2.50. The minimum atomic E-state index is -4.12. The normalized spacial score (nSPS) is 19.2. The average molecular weight is 294 g/mol. The van der Waals surface area contributed by atoms with Crippen molar-refractivity contribution in [3.63, 3.8) is 0 Å². The molecule has 1 aliphatic carbocycles. The summed E-state index contributed by atoms with van der Waals surface area (Å²) in [4.78, 5) is 1.56. The zero-order valence-electron chi connectivity index (χ0n) is 13.0. The maximum atomic E-state index is 12.7. The largest absolute Gasteiger partial charge is 0.401 e. The molecule has 1 unspecified atom stereocenters. The van der Waals surface area contributed by atoms with Gasteiger partial charge < -0.3 is 5.32 Å². The van der Waals surface area contributed by atoms with Gasteiger partial charge in [-0.3, -0.25) is 4.90 Å². The maximum Gasteiger partial charge on any atom is 0.401 e. The van der Waals surface area contributed by atoms with E-state index in [0.29, 0.717) is 12.5 Å². The first kappa shape index (κ1) is 17.8. The molecule has 0 aliphatic heterocycles. The highest BCUT2D eigenvalue weighted by atomic mass is 19.4. The van der Waals surface area contributed by atoms with Crippen molar-refractivity contribution in [3.05, 3.63) is 0 Å². The predicted octanol–water partition coefficient (Wildman–Crippen LogP) is 3.82. The molecule has 20 heavy (non-hydrogen) atoms. The first-order valence-electron chi connectivity index (χ1n) is 7.87. The van der Waals surface area contributed by atoms with Crippen molar-refractivity contribution >= 4 is 0 Å². The number of alkyl halides is 3. The van der Waals surface area contributed by atoms with Gasteiger partial charge >= 0.3 is 6.18 Å². The minimum Gasteiger partial charge on any atom is -0.312 e. The van der Waals surface area contributed by atoms with Crippen LogP contribution in [0.1, 0.15) is 52.9 Å².